The van der Waals surface area contributed by atoms with E-state index in [1.54, 1.807) is 17.4 Å². The van der Waals surface area contributed by atoms with Gasteiger partial charge in [-0.3, -0.25) is 4.79 Å². The molecule has 0 radical (unpaired) electrons. The number of fused-ring (bicyclic) bond motifs is 1. The Morgan fingerprint density at radius 1 is 1.39 bits per heavy atom. The Morgan fingerprint density at radius 3 is 2.89 bits per heavy atom. The van der Waals surface area contributed by atoms with Gasteiger partial charge in [0.1, 0.15) is 6.10 Å². The quantitative estimate of drug-likeness (QED) is 0.829. The molecule has 0 spiro atoms. The minimum absolute atomic E-state index is 0.224. The van der Waals surface area contributed by atoms with Gasteiger partial charge >= 0.3 is 5.97 Å². The van der Waals surface area contributed by atoms with Crippen LogP contribution in [-0.4, -0.2) is 29.4 Å². The number of hydrogen-bond donors (Lipinski definition) is 2. The summed E-state index contributed by atoms with van der Waals surface area (Å²) in [5, 5.41) is 22.7. The molecule has 0 amide bonds. The molecule has 18 heavy (non-hydrogen) atoms. The molecule has 2 N–H and O–H groups in total. The number of aliphatic hydroxyl groups is 2. The van der Waals surface area contributed by atoms with Crippen LogP contribution in [0.5, 0.6) is 0 Å². The second-order valence-electron chi connectivity index (χ2n) is 3.97. The number of benzene rings is 1. The van der Waals surface area contributed by atoms with Gasteiger partial charge in [-0.15, -0.1) is 11.3 Å². The predicted molar refractivity (Wildman–Crippen MR) is 69.4 cm³/mol. The summed E-state index contributed by atoms with van der Waals surface area (Å²) in [4.78, 5) is 11.1. The lowest BCUT2D eigenvalue weighted by Crippen LogP contribution is -2.22. The Morgan fingerprint density at radius 2 is 2.17 bits per heavy atom. The molecule has 2 atom stereocenters. The van der Waals surface area contributed by atoms with Crippen LogP contribution in [0.15, 0.2) is 29.6 Å². The lowest BCUT2D eigenvalue weighted by molar-refractivity contribution is -0.144. The zero-order chi connectivity index (χ0) is 13.1. The molecule has 0 aliphatic carbocycles. The highest BCUT2D eigenvalue weighted by atomic mass is 32.1. The van der Waals surface area contributed by atoms with E-state index in [0.29, 0.717) is 5.56 Å². The fraction of sp³-hybridized carbons (Fsp3) is 0.308. The molecule has 5 heteroatoms. The number of carbonyl (C=O) groups excluding carboxylic acids is 1. The average Bonchev–Trinajstić information content (AvgIpc) is 2.85. The van der Waals surface area contributed by atoms with Crippen molar-refractivity contribution in [3.63, 3.8) is 0 Å². The summed E-state index contributed by atoms with van der Waals surface area (Å²) in [6.45, 7) is 0. The van der Waals surface area contributed by atoms with Crippen LogP contribution in [0.3, 0.4) is 0 Å². The molecule has 0 bridgehead atoms. The SMILES string of the molecule is COC(=O)CC(O)C(O)c1cccc2sccc12. The Balaban J connectivity index is 2.25. The summed E-state index contributed by atoms with van der Waals surface area (Å²) >= 11 is 1.56. The number of carbonyl (C=O) groups is 1. The third kappa shape index (κ3) is 2.53. The Hall–Kier alpha value is -1.43. The van der Waals surface area contributed by atoms with Crippen molar-refractivity contribution < 1.29 is 19.7 Å². The normalized spacial score (nSPS) is 14.4. The predicted octanol–water partition coefficient (Wildman–Crippen LogP) is 1.86. The molecule has 0 aliphatic rings. The van der Waals surface area contributed by atoms with E-state index in [1.165, 1.54) is 7.11 Å². The van der Waals surface area contributed by atoms with Gasteiger partial charge in [0.25, 0.3) is 0 Å². The number of aliphatic hydroxyl groups excluding tert-OH is 2. The zero-order valence-electron chi connectivity index (χ0n) is 9.87. The van der Waals surface area contributed by atoms with Gasteiger partial charge in [0.2, 0.25) is 0 Å². The van der Waals surface area contributed by atoms with E-state index in [4.69, 9.17) is 0 Å². The third-order valence-corrected chi connectivity index (χ3v) is 3.70. The Bertz CT molecular complexity index is 549. The molecule has 0 aliphatic heterocycles. The van der Waals surface area contributed by atoms with Crippen LogP contribution in [0.4, 0.5) is 0 Å². The van der Waals surface area contributed by atoms with Crippen LogP contribution in [0.1, 0.15) is 18.1 Å². The van der Waals surface area contributed by atoms with Crippen molar-refractivity contribution in [1.29, 1.82) is 0 Å². The fourth-order valence-electron chi connectivity index (χ4n) is 1.85. The second-order valence-corrected chi connectivity index (χ2v) is 4.92. The summed E-state index contributed by atoms with van der Waals surface area (Å²) in [6.07, 6.45) is -2.48. The topological polar surface area (TPSA) is 66.8 Å². The summed E-state index contributed by atoms with van der Waals surface area (Å²) < 4.78 is 5.51. The summed E-state index contributed by atoms with van der Waals surface area (Å²) in [6, 6.07) is 7.41. The first-order valence-corrected chi connectivity index (χ1v) is 6.40. The summed E-state index contributed by atoms with van der Waals surface area (Å²) in [5.41, 5.74) is 0.630. The number of hydrogen-bond acceptors (Lipinski definition) is 5. The van der Waals surface area contributed by atoms with E-state index >= 15 is 0 Å². The van der Waals surface area contributed by atoms with E-state index in [2.05, 4.69) is 4.74 Å². The highest BCUT2D eigenvalue weighted by molar-refractivity contribution is 7.17. The van der Waals surface area contributed by atoms with Crippen LogP contribution < -0.4 is 0 Å². The molecule has 4 nitrogen and oxygen atoms in total. The van der Waals surface area contributed by atoms with Crippen LogP contribution in [0, 0.1) is 0 Å². The van der Waals surface area contributed by atoms with E-state index in [0.717, 1.165) is 10.1 Å². The molecular formula is C13H14O4S. The first-order valence-electron chi connectivity index (χ1n) is 5.52. The van der Waals surface area contributed by atoms with Gasteiger partial charge in [0.15, 0.2) is 0 Å². The van der Waals surface area contributed by atoms with E-state index in [1.807, 2.05) is 23.6 Å². The van der Waals surface area contributed by atoms with Crippen molar-refractivity contribution in [2.45, 2.75) is 18.6 Å². The Labute approximate surface area is 108 Å². The standard InChI is InChI=1S/C13H14O4S/c1-17-12(15)7-10(14)13(16)9-3-2-4-11-8(9)5-6-18-11/h2-6,10,13-14,16H,7H2,1H3. The molecule has 2 rings (SSSR count). The van der Waals surface area contributed by atoms with Crippen molar-refractivity contribution in [2.75, 3.05) is 7.11 Å². The maximum Gasteiger partial charge on any atom is 0.308 e. The largest absolute Gasteiger partial charge is 0.469 e. The van der Waals surface area contributed by atoms with Gasteiger partial charge in [0.05, 0.1) is 19.6 Å². The van der Waals surface area contributed by atoms with Crippen molar-refractivity contribution in [3.05, 3.63) is 35.2 Å². The minimum Gasteiger partial charge on any atom is -0.469 e. The highest BCUT2D eigenvalue weighted by Gasteiger charge is 2.23. The first kappa shape index (κ1) is 13.0. The van der Waals surface area contributed by atoms with Crippen LogP contribution in [0.2, 0.25) is 0 Å². The molecule has 96 valence electrons. The van der Waals surface area contributed by atoms with Gasteiger partial charge in [0, 0.05) is 4.70 Å². The van der Waals surface area contributed by atoms with Gasteiger partial charge in [-0.2, -0.15) is 0 Å². The number of thiophene rings is 1. The number of rotatable bonds is 4. The van der Waals surface area contributed by atoms with Gasteiger partial charge < -0.3 is 14.9 Å². The van der Waals surface area contributed by atoms with Gasteiger partial charge in [-0.25, -0.2) is 0 Å². The lowest BCUT2D eigenvalue weighted by Gasteiger charge is -2.18. The van der Waals surface area contributed by atoms with Crippen molar-refractivity contribution in [3.8, 4) is 0 Å². The van der Waals surface area contributed by atoms with E-state index in [9.17, 15) is 15.0 Å². The van der Waals surface area contributed by atoms with Gasteiger partial charge in [-0.05, 0) is 28.5 Å². The maximum atomic E-state index is 11.1. The molecule has 0 saturated carbocycles. The average molecular weight is 266 g/mol. The molecule has 2 aromatic rings. The zero-order valence-corrected chi connectivity index (χ0v) is 10.7. The van der Waals surface area contributed by atoms with Crippen LogP contribution in [0.25, 0.3) is 10.1 Å². The Kier molecular flexibility index (Phi) is 3.96. The molecule has 1 aromatic heterocycles. The molecule has 1 heterocycles. The van der Waals surface area contributed by atoms with Crippen molar-refractivity contribution >= 4 is 27.4 Å². The molecule has 0 saturated heterocycles. The molecular weight excluding hydrogens is 252 g/mol. The summed E-state index contributed by atoms with van der Waals surface area (Å²) in [7, 11) is 1.25. The van der Waals surface area contributed by atoms with E-state index < -0.39 is 18.2 Å². The van der Waals surface area contributed by atoms with Crippen molar-refractivity contribution in [1.82, 2.24) is 0 Å². The monoisotopic (exact) mass is 266 g/mol. The second kappa shape index (κ2) is 5.48. The van der Waals surface area contributed by atoms with Crippen molar-refractivity contribution in [2.24, 2.45) is 0 Å². The lowest BCUT2D eigenvalue weighted by atomic mass is 9.99. The number of methoxy groups -OCH3 is 1. The first-order chi connectivity index (χ1) is 8.63. The third-order valence-electron chi connectivity index (χ3n) is 2.82. The molecule has 0 fully saturated rings. The minimum atomic E-state index is -1.16. The van der Waals surface area contributed by atoms with E-state index in [-0.39, 0.29) is 6.42 Å². The fourth-order valence-corrected chi connectivity index (χ4v) is 2.67. The van der Waals surface area contributed by atoms with Gasteiger partial charge in [-0.1, -0.05) is 12.1 Å². The summed E-state index contributed by atoms with van der Waals surface area (Å²) in [5.74, 6) is -0.543. The maximum absolute atomic E-state index is 11.1. The highest BCUT2D eigenvalue weighted by Crippen LogP contribution is 2.30. The number of ether oxygens (including phenoxy) is 1. The smallest absolute Gasteiger partial charge is 0.308 e. The van der Waals surface area contributed by atoms with Crippen LogP contribution >= 0.6 is 11.3 Å². The molecule has 1 aromatic carbocycles. The number of esters is 1. The molecule has 2 unspecified atom stereocenters. The van der Waals surface area contributed by atoms with Crippen LogP contribution in [-0.2, 0) is 9.53 Å².